The van der Waals surface area contributed by atoms with Gasteiger partial charge in [0.2, 0.25) is 0 Å². The molecule has 3 nitrogen and oxygen atoms in total. The summed E-state index contributed by atoms with van der Waals surface area (Å²) >= 11 is 3.35. The van der Waals surface area contributed by atoms with E-state index in [1.165, 1.54) is 12.8 Å². The number of nitrogens with one attached hydrogen (secondary N) is 1. The van der Waals surface area contributed by atoms with E-state index in [0.717, 1.165) is 28.9 Å². The Balaban J connectivity index is 2.18. The minimum Gasteiger partial charge on any atom is -0.398 e. The van der Waals surface area contributed by atoms with Crippen molar-refractivity contribution in [3.63, 3.8) is 0 Å². The van der Waals surface area contributed by atoms with Crippen LogP contribution in [0.15, 0.2) is 16.7 Å². The van der Waals surface area contributed by atoms with Crippen LogP contribution in [0, 0.1) is 0 Å². The first-order chi connectivity index (χ1) is 6.77. The Kier molecular flexibility index (Phi) is 3.03. The quantitative estimate of drug-likeness (QED) is 0.806. The fraction of sp³-hybridized carbons (Fsp3) is 0.500. The highest BCUT2D eigenvalue weighted by molar-refractivity contribution is 9.10. The number of halogens is 1. The fourth-order valence-electron chi connectivity index (χ4n) is 1.80. The molecule has 1 aromatic heterocycles. The second-order valence-electron chi connectivity index (χ2n) is 3.67. The van der Waals surface area contributed by atoms with Gasteiger partial charge in [-0.3, -0.25) is 4.98 Å². The van der Waals surface area contributed by atoms with Crippen molar-refractivity contribution in [3.05, 3.63) is 22.4 Å². The maximum Gasteiger partial charge on any atom is 0.0588 e. The van der Waals surface area contributed by atoms with Crippen LogP contribution in [0.5, 0.6) is 0 Å². The lowest BCUT2D eigenvalue weighted by molar-refractivity contribution is 0.455. The largest absolute Gasteiger partial charge is 0.398 e. The zero-order valence-electron chi connectivity index (χ0n) is 7.96. The summed E-state index contributed by atoms with van der Waals surface area (Å²) in [4.78, 5) is 4.40. The zero-order valence-corrected chi connectivity index (χ0v) is 9.55. The average Bonchev–Trinajstić information content (AvgIpc) is 2.23. The summed E-state index contributed by atoms with van der Waals surface area (Å²) in [6, 6.07) is 1.97. The first kappa shape index (κ1) is 9.93. The molecule has 76 valence electrons. The lowest BCUT2D eigenvalue weighted by Crippen LogP contribution is -2.28. The summed E-state index contributed by atoms with van der Waals surface area (Å²) in [5.41, 5.74) is 7.71. The molecule has 2 rings (SSSR count). The molecule has 1 saturated heterocycles. The lowest BCUT2D eigenvalue weighted by atomic mass is 9.95. The molecule has 0 aromatic carbocycles. The Morgan fingerprint density at radius 3 is 3.07 bits per heavy atom. The molecule has 3 N–H and O–H groups in total. The molecule has 1 aromatic rings. The summed E-state index contributed by atoms with van der Waals surface area (Å²) in [5, 5.41) is 3.37. The van der Waals surface area contributed by atoms with Crippen LogP contribution in [0.2, 0.25) is 0 Å². The Bertz CT molecular complexity index is 321. The SMILES string of the molecule is Nc1cc(C2CCCNC2)ncc1Br. The Morgan fingerprint density at radius 2 is 2.43 bits per heavy atom. The van der Waals surface area contributed by atoms with Crippen molar-refractivity contribution in [1.29, 1.82) is 0 Å². The van der Waals surface area contributed by atoms with Crippen LogP contribution in [0.25, 0.3) is 0 Å². The van der Waals surface area contributed by atoms with Crippen LogP contribution in [-0.4, -0.2) is 18.1 Å². The van der Waals surface area contributed by atoms with Gasteiger partial charge in [-0.15, -0.1) is 0 Å². The van der Waals surface area contributed by atoms with Gasteiger partial charge in [-0.05, 0) is 41.4 Å². The van der Waals surface area contributed by atoms with Crippen LogP contribution in [-0.2, 0) is 0 Å². The highest BCUT2D eigenvalue weighted by Crippen LogP contribution is 2.26. The molecule has 0 aliphatic carbocycles. The van der Waals surface area contributed by atoms with Gasteiger partial charge < -0.3 is 11.1 Å². The number of nitrogens with two attached hydrogens (primary N) is 1. The van der Waals surface area contributed by atoms with E-state index >= 15 is 0 Å². The lowest BCUT2D eigenvalue weighted by Gasteiger charge is -2.22. The Labute approximate surface area is 92.2 Å². The van der Waals surface area contributed by atoms with E-state index in [2.05, 4.69) is 26.2 Å². The van der Waals surface area contributed by atoms with Gasteiger partial charge in [0.15, 0.2) is 0 Å². The third-order valence-corrected chi connectivity index (χ3v) is 3.28. The van der Waals surface area contributed by atoms with E-state index in [0.29, 0.717) is 5.92 Å². The number of rotatable bonds is 1. The van der Waals surface area contributed by atoms with Crippen molar-refractivity contribution in [2.45, 2.75) is 18.8 Å². The predicted molar refractivity (Wildman–Crippen MR) is 61.2 cm³/mol. The van der Waals surface area contributed by atoms with Gasteiger partial charge in [0.25, 0.3) is 0 Å². The number of nitrogen functional groups attached to an aromatic ring is 1. The number of piperidine rings is 1. The average molecular weight is 256 g/mol. The Morgan fingerprint density at radius 1 is 1.57 bits per heavy atom. The monoisotopic (exact) mass is 255 g/mol. The molecule has 1 aliphatic heterocycles. The molecule has 4 heteroatoms. The minimum atomic E-state index is 0.527. The standard InChI is InChI=1S/C10H14BrN3/c11-8-6-14-10(4-9(8)12)7-2-1-3-13-5-7/h4,6-7,13H,1-3,5H2,(H2,12,14). The van der Waals surface area contributed by atoms with Gasteiger partial charge in [0.1, 0.15) is 0 Å². The second-order valence-corrected chi connectivity index (χ2v) is 4.53. The summed E-state index contributed by atoms with van der Waals surface area (Å²) in [5.74, 6) is 0.527. The first-order valence-electron chi connectivity index (χ1n) is 4.89. The van der Waals surface area contributed by atoms with Gasteiger partial charge >= 0.3 is 0 Å². The first-order valence-corrected chi connectivity index (χ1v) is 5.68. The summed E-state index contributed by atoms with van der Waals surface area (Å²) < 4.78 is 0.880. The number of aromatic nitrogens is 1. The maximum atomic E-state index is 5.82. The van der Waals surface area contributed by atoms with E-state index in [1.807, 2.05) is 6.07 Å². The Hall–Kier alpha value is -0.610. The summed E-state index contributed by atoms with van der Waals surface area (Å²) in [6.45, 7) is 2.15. The second kappa shape index (κ2) is 4.28. The number of nitrogens with zero attached hydrogens (tertiary/aromatic N) is 1. The number of pyridine rings is 1. The van der Waals surface area contributed by atoms with Crippen molar-refractivity contribution in [2.24, 2.45) is 0 Å². The number of anilines is 1. The minimum absolute atomic E-state index is 0.527. The maximum absolute atomic E-state index is 5.82. The number of hydrogen-bond acceptors (Lipinski definition) is 3. The third kappa shape index (κ3) is 2.07. The molecule has 2 heterocycles. The molecule has 1 atom stereocenters. The van der Waals surface area contributed by atoms with Gasteiger partial charge in [-0.25, -0.2) is 0 Å². The molecule has 0 radical (unpaired) electrons. The van der Waals surface area contributed by atoms with Crippen LogP contribution in [0.1, 0.15) is 24.5 Å². The molecular weight excluding hydrogens is 242 g/mol. The normalized spacial score (nSPS) is 22.2. The van der Waals surface area contributed by atoms with Crippen molar-refractivity contribution in [3.8, 4) is 0 Å². The van der Waals surface area contributed by atoms with E-state index in [4.69, 9.17) is 5.73 Å². The predicted octanol–water partition coefficient (Wildman–Crippen LogP) is 1.89. The summed E-state index contributed by atoms with van der Waals surface area (Å²) in [7, 11) is 0. The topological polar surface area (TPSA) is 50.9 Å². The van der Waals surface area contributed by atoms with Crippen LogP contribution in [0.3, 0.4) is 0 Å². The molecular formula is C10H14BrN3. The van der Waals surface area contributed by atoms with E-state index in [1.54, 1.807) is 6.20 Å². The van der Waals surface area contributed by atoms with Gasteiger partial charge in [0, 0.05) is 30.0 Å². The van der Waals surface area contributed by atoms with E-state index in [9.17, 15) is 0 Å². The highest BCUT2D eigenvalue weighted by atomic mass is 79.9. The fourth-order valence-corrected chi connectivity index (χ4v) is 2.02. The van der Waals surface area contributed by atoms with Crippen molar-refractivity contribution >= 4 is 21.6 Å². The molecule has 0 amide bonds. The van der Waals surface area contributed by atoms with Crippen molar-refractivity contribution in [2.75, 3.05) is 18.8 Å². The van der Waals surface area contributed by atoms with E-state index in [-0.39, 0.29) is 0 Å². The third-order valence-electron chi connectivity index (χ3n) is 2.62. The van der Waals surface area contributed by atoms with Gasteiger partial charge in [0.05, 0.1) is 4.47 Å². The number of hydrogen-bond donors (Lipinski definition) is 2. The molecule has 0 saturated carbocycles. The van der Waals surface area contributed by atoms with Crippen molar-refractivity contribution in [1.82, 2.24) is 10.3 Å². The highest BCUT2D eigenvalue weighted by Gasteiger charge is 2.16. The van der Waals surface area contributed by atoms with Gasteiger partial charge in [-0.2, -0.15) is 0 Å². The van der Waals surface area contributed by atoms with Gasteiger partial charge in [-0.1, -0.05) is 0 Å². The smallest absolute Gasteiger partial charge is 0.0588 e. The van der Waals surface area contributed by atoms with Crippen LogP contribution in [0.4, 0.5) is 5.69 Å². The molecule has 1 unspecified atom stereocenters. The molecule has 14 heavy (non-hydrogen) atoms. The molecule has 0 spiro atoms. The van der Waals surface area contributed by atoms with E-state index < -0.39 is 0 Å². The molecule has 0 bridgehead atoms. The molecule has 1 aliphatic rings. The summed E-state index contributed by atoms with van der Waals surface area (Å²) in [6.07, 6.45) is 4.22. The zero-order chi connectivity index (χ0) is 9.97. The van der Waals surface area contributed by atoms with Crippen LogP contribution < -0.4 is 11.1 Å². The van der Waals surface area contributed by atoms with Crippen LogP contribution >= 0.6 is 15.9 Å². The molecule has 1 fully saturated rings. The van der Waals surface area contributed by atoms with Crippen molar-refractivity contribution < 1.29 is 0 Å².